The molecule has 1 heteroatoms. The van der Waals surface area contributed by atoms with Gasteiger partial charge in [-0.25, -0.2) is 0 Å². The molecule has 0 spiro atoms. The molecule has 1 fully saturated rings. The highest BCUT2D eigenvalue weighted by atomic mass is 15.0. The van der Waals surface area contributed by atoms with Crippen molar-refractivity contribution < 1.29 is 0 Å². The van der Waals surface area contributed by atoms with E-state index in [0.717, 1.165) is 0 Å². The van der Waals surface area contributed by atoms with Crippen LogP contribution in [0.3, 0.4) is 0 Å². The van der Waals surface area contributed by atoms with Gasteiger partial charge < -0.3 is 5.32 Å². The summed E-state index contributed by atoms with van der Waals surface area (Å²) in [5.74, 6) is 0. The van der Waals surface area contributed by atoms with Crippen LogP contribution in [0.5, 0.6) is 0 Å². The van der Waals surface area contributed by atoms with Crippen LogP contribution < -0.4 is 5.32 Å². The van der Waals surface area contributed by atoms with E-state index in [0.29, 0.717) is 5.54 Å². The molecule has 1 aliphatic rings. The SMILES string of the molecule is CC1(C)CCN1. The van der Waals surface area contributed by atoms with Gasteiger partial charge in [0.05, 0.1) is 0 Å². The summed E-state index contributed by atoms with van der Waals surface area (Å²) in [5, 5.41) is 3.28. The van der Waals surface area contributed by atoms with Crippen molar-refractivity contribution in [1.29, 1.82) is 0 Å². The molecule has 1 nitrogen and oxygen atoms in total. The van der Waals surface area contributed by atoms with Crippen LogP contribution in [0.2, 0.25) is 0 Å². The van der Waals surface area contributed by atoms with E-state index in [-0.39, 0.29) is 0 Å². The van der Waals surface area contributed by atoms with Crippen molar-refractivity contribution in [2.75, 3.05) is 6.54 Å². The molecule has 0 amide bonds. The van der Waals surface area contributed by atoms with Crippen molar-refractivity contribution in [3.63, 3.8) is 0 Å². The highest BCUT2D eigenvalue weighted by Gasteiger charge is 2.23. The summed E-state index contributed by atoms with van der Waals surface area (Å²) >= 11 is 0. The zero-order chi connectivity index (χ0) is 4.62. The van der Waals surface area contributed by atoms with E-state index in [1.165, 1.54) is 13.0 Å². The van der Waals surface area contributed by atoms with Gasteiger partial charge in [0.15, 0.2) is 0 Å². The molecule has 0 aromatic rings. The highest BCUT2D eigenvalue weighted by Crippen LogP contribution is 2.14. The van der Waals surface area contributed by atoms with E-state index < -0.39 is 0 Å². The monoisotopic (exact) mass is 85.1 g/mol. The van der Waals surface area contributed by atoms with E-state index in [1.807, 2.05) is 0 Å². The first-order valence-corrected chi connectivity index (χ1v) is 2.46. The third-order valence-electron chi connectivity index (χ3n) is 1.35. The third-order valence-corrected chi connectivity index (χ3v) is 1.35. The average molecular weight is 85.2 g/mol. The Hall–Kier alpha value is -0.0400. The van der Waals surface area contributed by atoms with Gasteiger partial charge in [0, 0.05) is 5.54 Å². The van der Waals surface area contributed by atoms with Gasteiger partial charge in [-0.2, -0.15) is 0 Å². The highest BCUT2D eigenvalue weighted by molar-refractivity contribution is 4.86. The first kappa shape index (κ1) is 4.13. The molecular formula is C5H11N. The zero-order valence-corrected chi connectivity index (χ0v) is 4.41. The number of nitrogens with one attached hydrogen (secondary N) is 1. The minimum Gasteiger partial charge on any atom is -0.312 e. The molecule has 0 aromatic heterocycles. The van der Waals surface area contributed by atoms with E-state index in [9.17, 15) is 0 Å². The van der Waals surface area contributed by atoms with Gasteiger partial charge in [0.25, 0.3) is 0 Å². The topological polar surface area (TPSA) is 12.0 Å². The molecule has 0 radical (unpaired) electrons. The Morgan fingerprint density at radius 2 is 1.83 bits per heavy atom. The Morgan fingerprint density at radius 3 is 1.83 bits per heavy atom. The second-order valence-electron chi connectivity index (χ2n) is 2.56. The number of hydrogen-bond acceptors (Lipinski definition) is 1. The van der Waals surface area contributed by atoms with Gasteiger partial charge in [-0.1, -0.05) is 0 Å². The molecule has 6 heavy (non-hydrogen) atoms. The molecule has 0 unspecified atom stereocenters. The molecule has 36 valence electrons. The van der Waals surface area contributed by atoms with Crippen molar-refractivity contribution in [3.8, 4) is 0 Å². The molecule has 0 aromatic carbocycles. The van der Waals surface area contributed by atoms with Crippen molar-refractivity contribution in [1.82, 2.24) is 5.32 Å². The standard InChI is InChI=1S/C5H11N/c1-5(2)3-4-6-5/h6H,3-4H2,1-2H3. The molecule has 1 heterocycles. The van der Waals surface area contributed by atoms with E-state index in [4.69, 9.17) is 0 Å². The summed E-state index contributed by atoms with van der Waals surface area (Å²) in [6.07, 6.45) is 1.34. The Bertz CT molecular complexity index is 51.0. The van der Waals surface area contributed by atoms with Gasteiger partial charge in [-0.05, 0) is 26.8 Å². The van der Waals surface area contributed by atoms with Crippen molar-refractivity contribution in [3.05, 3.63) is 0 Å². The van der Waals surface area contributed by atoms with Crippen LogP contribution in [0.4, 0.5) is 0 Å². The lowest BCUT2D eigenvalue weighted by atomic mass is 9.93. The first-order valence-electron chi connectivity index (χ1n) is 2.46. The van der Waals surface area contributed by atoms with Crippen LogP contribution in [0.15, 0.2) is 0 Å². The lowest BCUT2D eigenvalue weighted by Gasteiger charge is -2.35. The Labute approximate surface area is 38.7 Å². The third kappa shape index (κ3) is 0.548. The second kappa shape index (κ2) is 0.969. The number of rotatable bonds is 0. The van der Waals surface area contributed by atoms with Gasteiger partial charge in [-0.15, -0.1) is 0 Å². The van der Waals surface area contributed by atoms with E-state index in [2.05, 4.69) is 19.2 Å². The summed E-state index contributed by atoms with van der Waals surface area (Å²) in [6, 6.07) is 0. The predicted molar refractivity (Wildman–Crippen MR) is 26.7 cm³/mol. The maximum Gasteiger partial charge on any atom is 0.0137 e. The lowest BCUT2D eigenvalue weighted by molar-refractivity contribution is 0.260. The number of hydrogen-bond donors (Lipinski definition) is 1. The maximum absolute atomic E-state index is 3.28. The Kier molecular flexibility index (Phi) is 0.667. The smallest absolute Gasteiger partial charge is 0.0137 e. The molecule has 0 saturated carbocycles. The summed E-state index contributed by atoms with van der Waals surface area (Å²) in [5.41, 5.74) is 0.472. The second-order valence-corrected chi connectivity index (χ2v) is 2.56. The van der Waals surface area contributed by atoms with Gasteiger partial charge in [0.2, 0.25) is 0 Å². The normalized spacial score (nSPS) is 29.0. The molecular weight excluding hydrogens is 74.1 g/mol. The fourth-order valence-electron chi connectivity index (χ4n) is 0.625. The van der Waals surface area contributed by atoms with Gasteiger partial charge in [-0.3, -0.25) is 0 Å². The fraction of sp³-hybridized carbons (Fsp3) is 1.00. The maximum atomic E-state index is 3.28. The molecule has 1 saturated heterocycles. The van der Waals surface area contributed by atoms with Gasteiger partial charge in [0.1, 0.15) is 0 Å². The fourth-order valence-corrected chi connectivity index (χ4v) is 0.625. The van der Waals surface area contributed by atoms with Crippen LogP contribution >= 0.6 is 0 Å². The van der Waals surface area contributed by atoms with Crippen LogP contribution in [0.25, 0.3) is 0 Å². The minimum absolute atomic E-state index is 0.472. The van der Waals surface area contributed by atoms with Crippen LogP contribution in [-0.2, 0) is 0 Å². The molecule has 0 aliphatic carbocycles. The summed E-state index contributed by atoms with van der Waals surface area (Å²) in [6.45, 7) is 5.65. The predicted octanol–water partition coefficient (Wildman–Crippen LogP) is 0.758. The molecule has 0 atom stereocenters. The van der Waals surface area contributed by atoms with Gasteiger partial charge >= 0.3 is 0 Å². The molecule has 1 aliphatic heterocycles. The van der Waals surface area contributed by atoms with Crippen LogP contribution in [-0.4, -0.2) is 12.1 Å². The summed E-state index contributed by atoms with van der Waals surface area (Å²) in [4.78, 5) is 0. The summed E-state index contributed by atoms with van der Waals surface area (Å²) < 4.78 is 0. The van der Waals surface area contributed by atoms with Crippen molar-refractivity contribution in [2.45, 2.75) is 25.8 Å². The lowest BCUT2D eigenvalue weighted by Crippen LogP contribution is -2.51. The summed E-state index contributed by atoms with van der Waals surface area (Å²) in [7, 11) is 0. The first-order chi connectivity index (χ1) is 2.71. The largest absolute Gasteiger partial charge is 0.312 e. The van der Waals surface area contributed by atoms with E-state index >= 15 is 0 Å². The van der Waals surface area contributed by atoms with Crippen molar-refractivity contribution >= 4 is 0 Å². The van der Waals surface area contributed by atoms with Crippen LogP contribution in [0, 0.1) is 0 Å². The molecule has 1 N–H and O–H groups in total. The zero-order valence-electron chi connectivity index (χ0n) is 4.41. The molecule has 0 bridgehead atoms. The average Bonchev–Trinajstić information content (AvgIpc) is 1.32. The Morgan fingerprint density at radius 1 is 1.50 bits per heavy atom. The molecule has 1 rings (SSSR count). The Balaban J connectivity index is 2.31. The quantitative estimate of drug-likeness (QED) is 0.458. The van der Waals surface area contributed by atoms with Crippen LogP contribution in [0.1, 0.15) is 20.3 Å². The van der Waals surface area contributed by atoms with Crippen molar-refractivity contribution in [2.24, 2.45) is 0 Å². The minimum atomic E-state index is 0.472. The van der Waals surface area contributed by atoms with E-state index in [1.54, 1.807) is 0 Å².